The molecule has 0 unspecified atom stereocenters. The van der Waals surface area contributed by atoms with Crippen LogP contribution in [0, 0.1) is 6.92 Å². The van der Waals surface area contributed by atoms with Crippen LogP contribution in [0.2, 0.25) is 0 Å². The van der Waals surface area contributed by atoms with Crippen LogP contribution in [-0.2, 0) is 18.4 Å². The third-order valence-corrected chi connectivity index (χ3v) is 4.84. The van der Waals surface area contributed by atoms with Crippen molar-refractivity contribution < 1.29 is 8.94 Å². The van der Waals surface area contributed by atoms with Gasteiger partial charge in [0, 0.05) is 18.4 Å². The fraction of sp³-hybridized carbons (Fsp3) is 0.421. The van der Waals surface area contributed by atoms with Crippen LogP contribution < -0.4 is 5.73 Å². The molecule has 6 heteroatoms. The number of benzene rings is 1. The topological polar surface area (TPSA) is 91.0 Å². The molecule has 1 aromatic carbocycles. The van der Waals surface area contributed by atoms with Crippen molar-refractivity contribution in [2.24, 2.45) is 5.73 Å². The Bertz CT molecular complexity index is 847. The molecule has 25 heavy (non-hydrogen) atoms. The van der Waals surface area contributed by atoms with Gasteiger partial charge in [-0.05, 0) is 19.8 Å². The van der Waals surface area contributed by atoms with Crippen LogP contribution in [-0.4, -0.2) is 15.1 Å². The molecule has 130 valence electrons. The molecule has 0 bridgehead atoms. The highest BCUT2D eigenvalue weighted by atomic mass is 16.5. The van der Waals surface area contributed by atoms with Gasteiger partial charge in [-0.15, -0.1) is 0 Å². The lowest BCUT2D eigenvalue weighted by Crippen LogP contribution is -2.34. The van der Waals surface area contributed by atoms with Crippen LogP contribution in [0.4, 0.5) is 0 Å². The lowest BCUT2D eigenvalue weighted by atomic mass is 9.99. The van der Waals surface area contributed by atoms with Crippen molar-refractivity contribution in [2.45, 2.75) is 51.0 Å². The van der Waals surface area contributed by atoms with Crippen LogP contribution in [0.1, 0.15) is 49.0 Å². The summed E-state index contributed by atoms with van der Waals surface area (Å²) in [4.78, 5) is 9.01. The molecule has 0 spiro atoms. The molecule has 0 radical (unpaired) electrons. The Labute approximate surface area is 146 Å². The van der Waals surface area contributed by atoms with E-state index < -0.39 is 5.54 Å². The molecule has 2 heterocycles. The maximum atomic E-state index is 6.37. The van der Waals surface area contributed by atoms with Crippen molar-refractivity contribution in [1.82, 2.24) is 15.1 Å². The summed E-state index contributed by atoms with van der Waals surface area (Å²) in [6.07, 6.45) is 5.30. The predicted molar refractivity (Wildman–Crippen MR) is 92.7 cm³/mol. The molecule has 1 aliphatic carbocycles. The Hall–Kier alpha value is -2.47. The van der Waals surface area contributed by atoms with Crippen molar-refractivity contribution in [2.75, 3.05) is 0 Å². The highest BCUT2D eigenvalue weighted by molar-refractivity contribution is 5.59. The summed E-state index contributed by atoms with van der Waals surface area (Å²) in [5.41, 5.74) is 7.88. The van der Waals surface area contributed by atoms with Gasteiger partial charge in [-0.2, -0.15) is 4.98 Å². The highest BCUT2D eigenvalue weighted by Crippen LogP contribution is 2.34. The summed E-state index contributed by atoms with van der Waals surface area (Å²) in [5, 5.41) is 4.09. The summed E-state index contributed by atoms with van der Waals surface area (Å²) >= 11 is 0. The first-order valence-corrected chi connectivity index (χ1v) is 8.78. The van der Waals surface area contributed by atoms with Gasteiger partial charge < -0.3 is 14.7 Å². The number of nitrogens with two attached hydrogens (primary N) is 1. The van der Waals surface area contributed by atoms with E-state index in [1.165, 1.54) is 0 Å². The fourth-order valence-corrected chi connectivity index (χ4v) is 3.42. The Morgan fingerprint density at radius 3 is 2.52 bits per heavy atom. The normalized spacial score (nSPS) is 16.4. The summed E-state index contributed by atoms with van der Waals surface area (Å²) in [5.74, 6) is 2.71. The van der Waals surface area contributed by atoms with Crippen molar-refractivity contribution >= 4 is 0 Å². The lowest BCUT2D eigenvalue weighted by Gasteiger charge is -2.17. The molecule has 1 saturated carbocycles. The summed E-state index contributed by atoms with van der Waals surface area (Å²) in [7, 11) is 0. The van der Waals surface area contributed by atoms with Crippen LogP contribution >= 0.6 is 0 Å². The van der Waals surface area contributed by atoms with Gasteiger partial charge in [-0.3, -0.25) is 0 Å². The lowest BCUT2D eigenvalue weighted by molar-refractivity contribution is 0.346. The minimum absolute atomic E-state index is 0.415. The van der Waals surface area contributed by atoms with E-state index in [2.05, 4.69) is 15.1 Å². The first-order valence-electron chi connectivity index (χ1n) is 8.78. The number of oxazole rings is 1. The third kappa shape index (κ3) is 3.22. The van der Waals surface area contributed by atoms with Crippen LogP contribution in [0.5, 0.6) is 0 Å². The second-order valence-corrected chi connectivity index (χ2v) is 6.76. The van der Waals surface area contributed by atoms with E-state index in [-0.39, 0.29) is 0 Å². The number of rotatable bonds is 5. The molecule has 1 aliphatic rings. The van der Waals surface area contributed by atoms with E-state index in [0.29, 0.717) is 30.4 Å². The smallest absolute Gasteiger partial charge is 0.227 e. The third-order valence-electron chi connectivity index (χ3n) is 4.84. The SMILES string of the molecule is Cc1nc(CCc2nc(C3(N)CCCC3)no2)oc1-c1ccccc1. The molecule has 4 rings (SSSR count). The summed E-state index contributed by atoms with van der Waals surface area (Å²) in [6, 6.07) is 10.00. The van der Waals surface area contributed by atoms with Gasteiger partial charge in [0.05, 0.1) is 11.2 Å². The molecule has 0 saturated heterocycles. The van der Waals surface area contributed by atoms with E-state index >= 15 is 0 Å². The van der Waals surface area contributed by atoms with Crippen LogP contribution in [0.25, 0.3) is 11.3 Å². The fourth-order valence-electron chi connectivity index (χ4n) is 3.42. The Morgan fingerprint density at radius 2 is 1.76 bits per heavy atom. The maximum absolute atomic E-state index is 6.37. The summed E-state index contributed by atoms with van der Waals surface area (Å²) < 4.78 is 11.3. The zero-order valence-electron chi connectivity index (χ0n) is 14.4. The molecule has 0 atom stereocenters. The quantitative estimate of drug-likeness (QED) is 0.765. The van der Waals surface area contributed by atoms with Gasteiger partial charge in [0.2, 0.25) is 5.89 Å². The Kier molecular flexibility index (Phi) is 4.13. The molecular weight excluding hydrogens is 316 g/mol. The molecule has 3 aromatic rings. The maximum Gasteiger partial charge on any atom is 0.227 e. The molecule has 0 aliphatic heterocycles. The van der Waals surface area contributed by atoms with Gasteiger partial charge in [-0.1, -0.05) is 48.3 Å². The number of hydrogen-bond donors (Lipinski definition) is 1. The minimum Gasteiger partial charge on any atom is -0.440 e. The number of hydrogen-bond acceptors (Lipinski definition) is 6. The average molecular weight is 338 g/mol. The molecule has 0 amide bonds. The molecule has 1 fully saturated rings. The predicted octanol–water partition coefficient (Wildman–Crippen LogP) is 3.55. The van der Waals surface area contributed by atoms with Crippen molar-refractivity contribution in [3.05, 3.63) is 53.6 Å². The first-order chi connectivity index (χ1) is 12.1. The van der Waals surface area contributed by atoms with E-state index in [1.54, 1.807) is 0 Å². The van der Waals surface area contributed by atoms with E-state index in [9.17, 15) is 0 Å². The van der Waals surface area contributed by atoms with Crippen LogP contribution in [0.3, 0.4) is 0 Å². The Morgan fingerprint density at radius 1 is 1.04 bits per heavy atom. The standard InChI is InChI=1S/C19H22N4O2/c1-13-17(14-7-3-2-4-8-14)24-15(21-13)9-10-16-22-18(23-25-16)19(20)11-5-6-12-19/h2-4,7-8H,5-6,9-12,20H2,1H3. The second kappa shape index (κ2) is 6.44. The zero-order chi connectivity index (χ0) is 17.3. The van der Waals surface area contributed by atoms with Gasteiger partial charge in [0.1, 0.15) is 0 Å². The van der Waals surface area contributed by atoms with Gasteiger partial charge in [0.25, 0.3) is 0 Å². The highest BCUT2D eigenvalue weighted by Gasteiger charge is 2.35. The van der Waals surface area contributed by atoms with E-state index in [4.69, 9.17) is 14.7 Å². The second-order valence-electron chi connectivity index (χ2n) is 6.76. The first kappa shape index (κ1) is 16.0. The van der Waals surface area contributed by atoms with Crippen LogP contribution in [0.15, 0.2) is 39.3 Å². The van der Waals surface area contributed by atoms with E-state index in [0.717, 1.165) is 42.7 Å². The summed E-state index contributed by atoms with van der Waals surface area (Å²) in [6.45, 7) is 1.96. The average Bonchev–Trinajstić information content (AvgIpc) is 3.34. The molecule has 2 aromatic heterocycles. The molecule has 6 nitrogen and oxygen atoms in total. The number of nitrogens with zero attached hydrogens (tertiary/aromatic N) is 3. The zero-order valence-corrected chi connectivity index (χ0v) is 14.4. The largest absolute Gasteiger partial charge is 0.440 e. The van der Waals surface area contributed by atoms with Crippen molar-refractivity contribution in [3.63, 3.8) is 0 Å². The van der Waals surface area contributed by atoms with Gasteiger partial charge in [0.15, 0.2) is 17.5 Å². The molecular formula is C19H22N4O2. The van der Waals surface area contributed by atoms with Crippen molar-refractivity contribution in [1.29, 1.82) is 0 Å². The van der Waals surface area contributed by atoms with Gasteiger partial charge >= 0.3 is 0 Å². The van der Waals surface area contributed by atoms with Gasteiger partial charge in [-0.25, -0.2) is 4.98 Å². The number of aromatic nitrogens is 3. The van der Waals surface area contributed by atoms with Crippen molar-refractivity contribution in [3.8, 4) is 11.3 Å². The Balaban J connectivity index is 1.45. The van der Waals surface area contributed by atoms with E-state index in [1.807, 2.05) is 37.3 Å². The number of aryl methyl sites for hydroxylation is 3. The molecule has 2 N–H and O–H groups in total. The minimum atomic E-state index is -0.415. The monoisotopic (exact) mass is 338 g/mol.